The van der Waals surface area contributed by atoms with Gasteiger partial charge in [-0.3, -0.25) is 9.69 Å². The molecule has 1 aliphatic carbocycles. The average Bonchev–Trinajstić information content (AvgIpc) is 3.48. The Kier molecular flexibility index (Phi) is 8.25. The predicted molar refractivity (Wildman–Crippen MR) is 115 cm³/mol. The molecular formula is C21H30F3N3O5S. The molecular weight excluding hydrogens is 463 g/mol. The van der Waals surface area contributed by atoms with Crippen molar-refractivity contribution in [3.63, 3.8) is 0 Å². The van der Waals surface area contributed by atoms with Gasteiger partial charge in [-0.05, 0) is 56.2 Å². The molecule has 2 aliphatic rings. The van der Waals surface area contributed by atoms with Crippen LogP contribution in [0.3, 0.4) is 0 Å². The van der Waals surface area contributed by atoms with E-state index in [1.54, 1.807) is 11.8 Å². The van der Waals surface area contributed by atoms with Gasteiger partial charge in [-0.1, -0.05) is 12.5 Å². The van der Waals surface area contributed by atoms with Gasteiger partial charge in [0, 0.05) is 12.6 Å². The van der Waals surface area contributed by atoms with Crippen molar-refractivity contribution in [3.05, 3.63) is 29.3 Å². The number of benzene rings is 1. The Labute approximate surface area is 191 Å². The Bertz CT molecular complexity index is 938. The van der Waals surface area contributed by atoms with Gasteiger partial charge in [-0.2, -0.15) is 13.2 Å². The molecule has 1 saturated heterocycles. The van der Waals surface area contributed by atoms with Crippen LogP contribution < -0.4 is 14.8 Å². The quantitative estimate of drug-likeness (QED) is 0.386. The summed E-state index contributed by atoms with van der Waals surface area (Å²) in [5.41, 5.74) is -0.487. The molecule has 2 atom stereocenters. The number of unbranched alkanes of at least 4 members (excludes halogenated alkanes) is 2. The van der Waals surface area contributed by atoms with Crippen molar-refractivity contribution < 1.29 is 36.2 Å². The van der Waals surface area contributed by atoms with E-state index in [4.69, 9.17) is 4.74 Å². The highest BCUT2D eigenvalue weighted by atomic mass is 32.2. The number of amides is 1. The van der Waals surface area contributed by atoms with E-state index in [-0.39, 0.29) is 36.5 Å². The van der Waals surface area contributed by atoms with Gasteiger partial charge < -0.3 is 15.2 Å². The number of halogens is 3. The second-order valence-corrected chi connectivity index (χ2v) is 10.5. The van der Waals surface area contributed by atoms with Crippen LogP contribution in [0, 0.1) is 5.92 Å². The van der Waals surface area contributed by atoms with Crippen LogP contribution in [-0.4, -0.2) is 56.1 Å². The Morgan fingerprint density at radius 3 is 2.61 bits per heavy atom. The number of hydrogen-bond donors (Lipinski definition) is 3. The van der Waals surface area contributed by atoms with Crippen LogP contribution in [0.5, 0.6) is 5.75 Å². The number of nitrogens with zero attached hydrogens (tertiary/aromatic N) is 1. The first kappa shape index (κ1) is 25.7. The Morgan fingerprint density at radius 1 is 1.27 bits per heavy atom. The summed E-state index contributed by atoms with van der Waals surface area (Å²) in [6.07, 6.45) is -2.14. The van der Waals surface area contributed by atoms with Crippen LogP contribution >= 0.6 is 0 Å². The van der Waals surface area contributed by atoms with Gasteiger partial charge in [0.1, 0.15) is 5.75 Å². The smallest absolute Gasteiger partial charge is 0.419 e. The standard InChI is InChI=1S/C21H30F3N3O5S/c1-14(16-7-8-17(21(22,23)24)18(11-16)32-13-15-5-6-15)26-33(30,31)10-4-2-3-9-27-12-19(28)25-20(27)29/h7-8,11,14-15,20,26,29H,2-6,9-10,12-13H2,1H3,(H,25,28)/t14-,20?/m0/s1. The van der Waals surface area contributed by atoms with E-state index < -0.39 is 34.2 Å². The molecule has 1 heterocycles. The van der Waals surface area contributed by atoms with Gasteiger partial charge in [0.2, 0.25) is 15.9 Å². The first-order valence-electron chi connectivity index (χ1n) is 11.0. The van der Waals surface area contributed by atoms with Crippen molar-refractivity contribution >= 4 is 15.9 Å². The van der Waals surface area contributed by atoms with Crippen molar-refractivity contribution in [1.29, 1.82) is 0 Å². The number of aliphatic hydroxyl groups excluding tert-OH is 1. The third kappa shape index (κ3) is 7.83. The number of ether oxygens (including phenoxy) is 1. The maximum Gasteiger partial charge on any atom is 0.419 e. The molecule has 2 fully saturated rings. The van der Waals surface area contributed by atoms with Crippen LogP contribution in [0.25, 0.3) is 0 Å². The molecule has 1 aromatic carbocycles. The number of nitrogens with one attached hydrogen (secondary N) is 2. The molecule has 0 spiro atoms. The van der Waals surface area contributed by atoms with Gasteiger partial charge in [0.05, 0.1) is 24.5 Å². The minimum Gasteiger partial charge on any atom is -0.493 e. The number of rotatable bonds is 12. The summed E-state index contributed by atoms with van der Waals surface area (Å²) in [4.78, 5) is 12.8. The zero-order chi connectivity index (χ0) is 24.2. The highest BCUT2D eigenvalue weighted by molar-refractivity contribution is 7.89. The van der Waals surface area contributed by atoms with Crippen molar-refractivity contribution in [3.8, 4) is 5.75 Å². The van der Waals surface area contributed by atoms with E-state index in [1.165, 1.54) is 12.1 Å². The number of sulfonamides is 1. The fraction of sp³-hybridized carbons (Fsp3) is 0.667. The SMILES string of the molecule is C[C@H](NS(=O)(=O)CCCCCN1CC(=O)NC1O)c1ccc(C(F)(F)F)c(OCC2CC2)c1. The Morgan fingerprint density at radius 2 is 2.00 bits per heavy atom. The Balaban J connectivity index is 1.50. The molecule has 1 saturated carbocycles. The van der Waals surface area contributed by atoms with Crippen molar-refractivity contribution in [2.24, 2.45) is 5.92 Å². The third-order valence-corrected chi connectivity index (χ3v) is 7.22. The van der Waals surface area contributed by atoms with Crippen LogP contribution in [-0.2, 0) is 21.0 Å². The molecule has 1 amide bonds. The molecule has 186 valence electrons. The second-order valence-electron chi connectivity index (χ2n) is 8.64. The maximum atomic E-state index is 13.3. The molecule has 0 radical (unpaired) electrons. The van der Waals surface area contributed by atoms with Gasteiger partial charge in [-0.15, -0.1) is 0 Å². The zero-order valence-corrected chi connectivity index (χ0v) is 19.2. The fourth-order valence-corrected chi connectivity index (χ4v) is 4.96. The minimum atomic E-state index is -4.56. The van der Waals surface area contributed by atoms with E-state index in [9.17, 15) is 31.5 Å². The first-order chi connectivity index (χ1) is 15.4. The molecule has 12 heteroatoms. The molecule has 0 bridgehead atoms. The summed E-state index contributed by atoms with van der Waals surface area (Å²) in [5.74, 6) is -0.401. The molecule has 3 N–H and O–H groups in total. The fourth-order valence-electron chi connectivity index (χ4n) is 3.59. The lowest BCUT2D eigenvalue weighted by molar-refractivity contribution is -0.139. The molecule has 33 heavy (non-hydrogen) atoms. The summed E-state index contributed by atoms with van der Waals surface area (Å²) in [5, 5.41) is 12.0. The highest BCUT2D eigenvalue weighted by Crippen LogP contribution is 2.39. The number of hydrogen-bond acceptors (Lipinski definition) is 6. The van der Waals surface area contributed by atoms with Gasteiger partial charge >= 0.3 is 6.18 Å². The van der Waals surface area contributed by atoms with E-state index in [2.05, 4.69) is 10.0 Å². The topological polar surface area (TPSA) is 108 Å². The van der Waals surface area contributed by atoms with Gasteiger partial charge in [0.25, 0.3) is 0 Å². The first-order valence-corrected chi connectivity index (χ1v) is 12.7. The number of alkyl halides is 3. The maximum absolute atomic E-state index is 13.3. The van der Waals surface area contributed by atoms with Gasteiger partial charge in [-0.25, -0.2) is 13.1 Å². The van der Waals surface area contributed by atoms with E-state index >= 15 is 0 Å². The summed E-state index contributed by atoms with van der Waals surface area (Å²) < 4.78 is 72.7. The molecule has 1 aromatic rings. The van der Waals surface area contributed by atoms with Crippen molar-refractivity contribution in [2.75, 3.05) is 25.4 Å². The van der Waals surface area contributed by atoms with Crippen LogP contribution in [0.4, 0.5) is 13.2 Å². The molecule has 8 nitrogen and oxygen atoms in total. The summed E-state index contributed by atoms with van der Waals surface area (Å²) in [7, 11) is -3.66. The van der Waals surface area contributed by atoms with Crippen LogP contribution in [0.1, 0.15) is 56.2 Å². The molecule has 1 aliphatic heterocycles. The zero-order valence-electron chi connectivity index (χ0n) is 18.4. The lowest BCUT2D eigenvalue weighted by Gasteiger charge is -2.19. The summed E-state index contributed by atoms with van der Waals surface area (Å²) in [6.45, 7) is 2.35. The van der Waals surface area contributed by atoms with Crippen LogP contribution in [0.15, 0.2) is 18.2 Å². The molecule has 3 rings (SSSR count). The normalized spacial score (nSPS) is 20.6. The monoisotopic (exact) mass is 493 g/mol. The second kappa shape index (κ2) is 10.6. The van der Waals surface area contributed by atoms with Crippen molar-refractivity contribution in [1.82, 2.24) is 14.9 Å². The number of carbonyl (C=O) groups is 1. The lowest BCUT2D eigenvalue weighted by Crippen LogP contribution is -2.36. The summed E-state index contributed by atoms with van der Waals surface area (Å²) >= 11 is 0. The predicted octanol–water partition coefficient (Wildman–Crippen LogP) is 2.35. The average molecular weight is 494 g/mol. The Hall–Kier alpha value is -1.89. The largest absolute Gasteiger partial charge is 0.493 e. The van der Waals surface area contributed by atoms with E-state index in [0.717, 1.165) is 18.9 Å². The van der Waals surface area contributed by atoms with E-state index in [1.807, 2.05) is 0 Å². The lowest BCUT2D eigenvalue weighted by atomic mass is 10.1. The minimum absolute atomic E-state index is 0.109. The molecule has 0 aromatic heterocycles. The third-order valence-electron chi connectivity index (χ3n) is 5.68. The van der Waals surface area contributed by atoms with E-state index in [0.29, 0.717) is 31.4 Å². The number of carbonyl (C=O) groups excluding carboxylic acids is 1. The van der Waals surface area contributed by atoms with Gasteiger partial charge in [0.15, 0.2) is 6.35 Å². The highest BCUT2D eigenvalue weighted by Gasteiger charge is 2.35. The van der Waals surface area contributed by atoms with Crippen LogP contribution in [0.2, 0.25) is 0 Å². The molecule has 1 unspecified atom stereocenters. The number of aliphatic hydroxyl groups is 1. The summed E-state index contributed by atoms with van der Waals surface area (Å²) in [6, 6.07) is 2.72. The van der Waals surface area contributed by atoms with Crippen molar-refractivity contribution in [2.45, 2.75) is 57.6 Å².